The van der Waals surface area contributed by atoms with Crippen molar-refractivity contribution < 1.29 is 19.2 Å². The van der Waals surface area contributed by atoms with Gasteiger partial charge in [0.2, 0.25) is 6.79 Å². The average Bonchev–Trinajstić information content (AvgIpc) is 3.17. The molecule has 0 saturated carbocycles. The number of thiazole rings is 1. The Morgan fingerprint density at radius 2 is 2.00 bits per heavy atom. The first-order valence-electron chi connectivity index (χ1n) is 7.26. The number of amides is 1. The van der Waals surface area contributed by atoms with Crippen LogP contribution in [0.25, 0.3) is 10.2 Å². The van der Waals surface area contributed by atoms with Crippen molar-refractivity contribution in [2.75, 3.05) is 6.79 Å². The van der Waals surface area contributed by atoms with Crippen molar-refractivity contribution in [2.45, 2.75) is 0 Å². The number of aryl methyl sites for hydroxylation is 1. The highest BCUT2D eigenvalue weighted by Gasteiger charge is 2.20. The van der Waals surface area contributed by atoms with E-state index in [-0.39, 0.29) is 18.0 Å². The van der Waals surface area contributed by atoms with Gasteiger partial charge >= 0.3 is 0 Å². The van der Waals surface area contributed by atoms with Crippen molar-refractivity contribution >= 4 is 33.1 Å². The highest BCUT2D eigenvalue weighted by Crippen LogP contribution is 2.36. The monoisotopic (exact) mass is 357 g/mol. The highest BCUT2D eigenvalue weighted by molar-refractivity contribution is 7.16. The quantitative estimate of drug-likeness (QED) is 0.519. The number of nitrogens with zero attached hydrogens (tertiary/aromatic N) is 3. The lowest BCUT2D eigenvalue weighted by molar-refractivity contribution is -0.385. The van der Waals surface area contributed by atoms with Crippen LogP contribution in [-0.4, -0.2) is 22.2 Å². The number of nitro benzene ring substituents is 1. The van der Waals surface area contributed by atoms with E-state index < -0.39 is 10.8 Å². The number of aromatic nitrogens is 1. The summed E-state index contributed by atoms with van der Waals surface area (Å²) >= 11 is 1.30. The molecule has 3 aromatic rings. The highest BCUT2D eigenvalue weighted by atomic mass is 32.1. The van der Waals surface area contributed by atoms with Crippen LogP contribution in [0.1, 0.15) is 10.4 Å². The molecule has 0 unspecified atom stereocenters. The summed E-state index contributed by atoms with van der Waals surface area (Å²) < 4.78 is 13.3. The number of para-hydroxylation sites is 1. The number of fused-ring (bicyclic) bond motifs is 2. The lowest BCUT2D eigenvalue weighted by Gasteiger charge is -1.99. The van der Waals surface area contributed by atoms with E-state index in [2.05, 4.69) is 4.99 Å². The van der Waals surface area contributed by atoms with Crippen molar-refractivity contribution in [3.05, 3.63) is 56.9 Å². The number of rotatable bonds is 2. The molecule has 1 aliphatic heterocycles. The molecule has 0 radical (unpaired) electrons. The number of hydrogen-bond donors (Lipinski definition) is 0. The van der Waals surface area contributed by atoms with Crippen LogP contribution in [0, 0.1) is 10.1 Å². The van der Waals surface area contributed by atoms with Gasteiger partial charge in [0.1, 0.15) is 5.56 Å². The van der Waals surface area contributed by atoms with Gasteiger partial charge in [0, 0.05) is 25.2 Å². The van der Waals surface area contributed by atoms with Crippen LogP contribution in [0.2, 0.25) is 0 Å². The first-order chi connectivity index (χ1) is 12.0. The van der Waals surface area contributed by atoms with Crippen molar-refractivity contribution in [1.82, 2.24) is 4.57 Å². The molecule has 0 bridgehead atoms. The number of nitro groups is 1. The van der Waals surface area contributed by atoms with Crippen LogP contribution < -0.4 is 14.3 Å². The van der Waals surface area contributed by atoms with Gasteiger partial charge in [0.05, 0.1) is 15.1 Å². The molecule has 2 aromatic carbocycles. The number of carbonyl (C=O) groups is 1. The summed E-state index contributed by atoms with van der Waals surface area (Å²) in [7, 11) is 1.77. The van der Waals surface area contributed by atoms with Crippen LogP contribution in [-0.2, 0) is 7.05 Å². The van der Waals surface area contributed by atoms with E-state index in [1.54, 1.807) is 17.7 Å². The Labute approximate surface area is 144 Å². The predicted molar refractivity (Wildman–Crippen MR) is 89.9 cm³/mol. The fourth-order valence-corrected chi connectivity index (χ4v) is 3.61. The molecule has 0 N–H and O–H groups in total. The third kappa shape index (κ3) is 2.54. The zero-order chi connectivity index (χ0) is 17.6. The molecular weight excluding hydrogens is 346 g/mol. The molecule has 0 saturated heterocycles. The van der Waals surface area contributed by atoms with Gasteiger partial charge in [-0.05, 0) is 6.07 Å². The summed E-state index contributed by atoms with van der Waals surface area (Å²) in [6.45, 7) is 0.184. The molecule has 1 amide bonds. The molecule has 1 aliphatic rings. The van der Waals surface area contributed by atoms with Crippen molar-refractivity contribution in [2.24, 2.45) is 12.0 Å². The smallest absolute Gasteiger partial charge is 0.286 e. The predicted octanol–water partition coefficient (Wildman–Crippen LogP) is 2.62. The van der Waals surface area contributed by atoms with Gasteiger partial charge < -0.3 is 14.0 Å². The third-order valence-corrected chi connectivity index (χ3v) is 4.93. The van der Waals surface area contributed by atoms with Crippen molar-refractivity contribution in [3.63, 3.8) is 0 Å². The zero-order valence-electron chi connectivity index (χ0n) is 13.0. The van der Waals surface area contributed by atoms with Crippen LogP contribution in [0.4, 0.5) is 5.69 Å². The van der Waals surface area contributed by atoms with E-state index >= 15 is 0 Å². The lowest BCUT2D eigenvalue weighted by Crippen LogP contribution is -2.14. The summed E-state index contributed by atoms with van der Waals surface area (Å²) in [5.41, 5.74) is 0.531. The van der Waals surface area contributed by atoms with E-state index in [1.165, 1.54) is 29.5 Å². The first-order valence-corrected chi connectivity index (χ1v) is 8.08. The largest absolute Gasteiger partial charge is 0.454 e. The van der Waals surface area contributed by atoms with E-state index in [0.29, 0.717) is 16.3 Å². The van der Waals surface area contributed by atoms with Crippen LogP contribution >= 0.6 is 11.3 Å². The summed E-state index contributed by atoms with van der Waals surface area (Å²) in [6, 6.07) is 9.41. The van der Waals surface area contributed by atoms with Gasteiger partial charge in [-0.1, -0.05) is 23.5 Å². The fourth-order valence-electron chi connectivity index (χ4n) is 2.58. The van der Waals surface area contributed by atoms with Gasteiger partial charge in [-0.25, -0.2) is 0 Å². The third-order valence-electron chi connectivity index (χ3n) is 3.83. The lowest BCUT2D eigenvalue weighted by atomic mass is 10.2. The topological polar surface area (TPSA) is 96.0 Å². The van der Waals surface area contributed by atoms with Crippen LogP contribution in [0.3, 0.4) is 0 Å². The Hall–Kier alpha value is -3.20. The molecule has 1 aromatic heterocycles. The summed E-state index contributed by atoms with van der Waals surface area (Å²) in [5, 5.41) is 11.1. The van der Waals surface area contributed by atoms with Gasteiger partial charge in [-0.2, -0.15) is 4.99 Å². The van der Waals surface area contributed by atoms with Crippen LogP contribution in [0.15, 0.2) is 41.4 Å². The summed E-state index contributed by atoms with van der Waals surface area (Å²) in [6.07, 6.45) is 0. The Kier molecular flexibility index (Phi) is 3.50. The van der Waals surface area contributed by atoms with E-state index in [4.69, 9.17) is 9.47 Å². The van der Waals surface area contributed by atoms with Crippen molar-refractivity contribution in [3.8, 4) is 11.5 Å². The second kappa shape index (κ2) is 5.71. The van der Waals surface area contributed by atoms with Crippen molar-refractivity contribution in [1.29, 1.82) is 0 Å². The van der Waals surface area contributed by atoms with E-state index in [0.717, 1.165) is 10.2 Å². The Balaban J connectivity index is 1.83. The maximum atomic E-state index is 12.4. The standard InChI is InChI=1S/C16H11N3O5S/c1-18-11-6-12-13(24-8-23-12)7-14(11)25-16(18)17-15(20)9-4-2-3-5-10(9)19(21)22/h2-7H,8H2,1H3. The summed E-state index contributed by atoms with van der Waals surface area (Å²) in [4.78, 5) is 27.4. The molecule has 0 spiro atoms. The number of hydrogen-bond acceptors (Lipinski definition) is 6. The normalized spacial score (nSPS) is 13.4. The van der Waals surface area contributed by atoms with Gasteiger partial charge in [-0.15, -0.1) is 0 Å². The van der Waals surface area contributed by atoms with Gasteiger partial charge in [0.25, 0.3) is 11.6 Å². The molecule has 0 fully saturated rings. The molecule has 9 heteroatoms. The number of benzene rings is 2. The second-order valence-electron chi connectivity index (χ2n) is 5.31. The zero-order valence-corrected chi connectivity index (χ0v) is 13.8. The average molecular weight is 357 g/mol. The fraction of sp³-hybridized carbons (Fsp3) is 0.125. The minimum atomic E-state index is -0.658. The maximum absolute atomic E-state index is 12.4. The van der Waals surface area contributed by atoms with Crippen LogP contribution in [0.5, 0.6) is 11.5 Å². The second-order valence-corrected chi connectivity index (χ2v) is 6.32. The number of ether oxygens (including phenoxy) is 2. The molecule has 0 aliphatic carbocycles. The maximum Gasteiger partial charge on any atom is 0.286 e. The summed E-state index contributed by atoms with van der Waals surface area (Å²) in [5.74, 6) is 0.623. The minimum absolute atomic E-state index is 0.0425. The number of carbonyl (C=O) groups excluding carboxylic acids is 1. The molecule has 8 nitrogen and oxygen atoms in total. The Bertz CT molecular complexity index is 1100. The Morgan fingerprint density at radius 1 is 1.28 bits per heavy atom. The molecular formula is C16H11N3O5S. The molecule has 126 valence electrons. The first kappa shape index (κ1) is 15.3. The minimum Gasteiger partial charge on any atom is -0.454 e. The molecule has 4 rings (SSSR count). The van der Waals surface area contributed by atoms with Gasteiger partial charge in [-0.3, -0.25) is 14.9 Å². The van der Waals surface area contributed by atoms with Gasteiger partial charge in [0.15, 0.2) is 16.3 Å². The SMILES string of the molecule is Cn1c(=NC(=O)c2ccccc2[N+](=O)[O-])sc2cc3c(cc21)OCO3. The Morgan fingerprint density at radius 3 is 2.76 bits per heavy atom. The van der Waals surface area contributed by atoms with E-state index in [1.807, 2.05) is 12.1 Å². The molecule has 2 heterocycles. The molecule has 0 atom stereocenters. The van der Waals surface area contributed by atoms with E-state index in [9.17, 15) is 14.9 Å². The molecule has 25 heavy (non-hydrogen) atoms.